The minimum Gasteiger partial charge on any atom is -0.341 e. The predicted molar refractivity (Wildman–Crippen MR) is 180 cm³/mol. The third-order valence-electron chi connectivity index (χ3n) is 14.3. The molecule has 0 bridgehead atoms. The van der Waals surface area contributed by atoms with Gasteiger partial charge in [0.25, 0.3) is 0 Å². The fourth-order valence-corrected chi connectivity index (χ4v) is 11.6. The van der Waals surface area contributed by atoms with E-state index in [0.717, 1.165) is 36.3 Å². The van der Waals surface area contributed by atoms with Gasteiger partial charge < -0.3 is 4.90 Å². The molecule has 0 aromatic heterocycles. The first-order valence-electron chi connectivity index (χ1n) is 17.9. The summed E-state index contributed by atoms with van der Waals surface area (Å²) in [6.07, 6.45) is 10.3. The summed E-state index contributed by atoms with van der Waals surface area (Å²) in [5.74, 6) is 0.610. The summed E-state index contributed by atoms with van der Waals surface area (Å²) in [4.78, 5) is 60.8. The Kier molecular flexibility index (Phi) is 9.60. The molecule has 7 heteroatoms. The number of ketones is 1. The fourth-order valence-electron chi connectivity index (χ4n) is 11.6. The number of nitrogens with zero attached hydrogens (tertiary/aromatic N) is 1. The lowest BCUT2D eigenvalue weighted by molar-refractivity contribution is -0.267. The van der Waals surface area contributed by atoms with E-state index in [1.165, 1.54) is 39.0 Å². The lowest BCUT2D eigenvalue weighted by Gasteiger charge is -2.71. The van der Waals surface area contributed by atoms with Gasteiger partial charge in [-0.25, -0.2) is 19.4 Å². The first kappa shape index (κ1) is 36.7. The summed E-state index contributed by atoms with van der Waals surface area (Å²) in [7, 11) is 1.81. The maximum absolute atomic E-state index is 13.6. The van der Waals surface area contributed by atoms with Crippen molar-refractivity contribution >= 4 is 23.6 Å². The van der Waals surface area contributed by atoms with E-state index in [4.69, 9.17) is 9.78 Å². The van der Waals surface area contributed by atoms with Crippen molar-refractivity contribution in [3.05, 3.63) is 11.1 Å². The Balaban J connectivity index is 0.000000468. The lowest BCUT2D eigenvalue weighted by Crippen LogP contribution is -2.64. The van der Waals surface area contributed by atoms with Crippen molar-refractivity contribution in [1.29, 1.82) is 0 Å². The van der Waals surface area contributed by atoms with Crippen LogP contribution in [0, 0.1) is 50.7 Å². The van der Waals surface area contributed by atoms with Gasteiger partial charge in [0.1, 0.15) is 5.41 Å². The number of fused-ring (bicyclic) bond motifs is 7. The minimum absolute atomic E-state index is 0.0107. The number of hydrogen-bond donors (Lipinski definition) is 0. The van der Waals surface area contributed by atoms with Crippen molar-refractivity contribution in [2.45, 2.75) is 153 Å². The maximum atomic E-state index is 13.6. The van der Waals surface area contributed by atoms with Crippen molar-refractivity contribution < 1.29 is 29.0 Å². The highest BCUT2D eigenvalue weighted by molar-refractivity contribution is 6.06. The molecule has 0 heterocycles. The third-order valence-corrected chi connectivity index (χ3v) is 14.3. The number of amides is 1. The molecule has 5 aliphatic carbocycles. The van der Waals surface area contributed by atoms with Gasteiger partial charge in [0.15, 0.2) is 5.78 Å². The molecule has 4 fully saturated rings. The van der Waals surface area contributed by atoms with Crippen LogP contribution in [0.15, 0.2) is 11.1 Å². The van der Waals surface area contributed by atoms with Gasteiger partial charge >= 0.3 is 11.9 Å². The number of allylic oxidation sites excluding steroid dienone is 1. The Morgan fingerprint density at radius 1 is 0.826 bits per heavy atom. The van der Waals surface area contributed by atoms with E-state index in [1.807, 2.05) is 27.8 Å². The van der Waals surface area contributed by atoms with Crippen molar-refractivity contribution in [3.8, 4) is 0 Å². The average molecular weight is 642 g/mol. The number of Topliss-reactive ketones (excluding diaryl/α,β-unsaturated/α-hetero) is 1. The molecule has 7 nitrogen and oxygen atoms in total. The maximum Gasteiger partial charge on any atom is 0.366 e. The van der Waals surface area contributed by atoms with Crippen LogP contribution >= 0.6 is 0 Å². The number of rotatable bonds is 2. The van der Waals surface area contributed by atoms with E-state index in [9.17, 15) is 19.2 Å². The quantitative estimate of drug-likeness (QED) is 0.221. The summed E-state index contributed by atoms with van der Waals surface area (Å²) in [5, 5.41) is 0. The highest BCUT2D eigenvalue weighted by atomic mass is 17.2. The van der Waals surface area contributed by atoms with Gasteiger partial charge in [-0.15, -0.1) is 0 Å². The highest BCUT2D eigenvalue weighted by Crippen LogP contribution is 2.76. The zero-order chi connectivity index (χ0) is 34.8. The van der Waals surface area contributed by atoms with Crippen LogP contribution in [0.4, 0.5) is 0 Å². The first-order valence-corrected chi connectivity index (χ1v) is 17.9. The van der Waals surface area contributed by atoms with Gasteiger partial charge in [0.2, 0.25) is 5.91 Å². The lowest BCUT2D eigenvalue weighted by atomic mass is 9.33. The summed E-state index contributed by atoms with van der Waals surface area (Å²) in [6.45, 7) is 25.6. The zero-order valence-corrected chi connectivity index (χ0v) is 31.3. The smallest absolute Gasteiger partial charge is 0.341 e. The predicted octanol–water partition coefficient (Wildman–Crippen LogP) is 8.64. The Labute approximate surface area is 278 Å². The molecule has 7 atom stereocenters. The first-order chi connectivity index (χ1) is 21.0. The molecule has 46 heavy (non-hydrogen) atoms. The molecule has 0 aromatic rings. The molecule has 0 radical (unpaired) electrons. The molecule has 0 N–H and O–H groups in total. The summed E-state index contributed by atoms with van der Waals surface area (Å²) < 4.78 is 0. The number of carbonyl (C=O) groups excluding carboxylic acids is 4. The molecule has 0 unspecified atom stereocenters. The fraction of sp³-hybridized carbons (Fsp3) is 0.846. The van der Waals surface area contributed by atoms with E-state index in [1.54, 1.807) is 11.8 Å². The van der Waals surface area contributed by atoms with Crippen molar-refractivity contribution in [3.63, 3.8) is 0 Å². The molecule has 5 aliphatic rings. The Bertz CT molecular complexity index is 1290. The molecule has 1 amide bonds. The van der Waals surface area contributed by atoms with E-state index in [2.05, 4.69) is 48.5 Å². The van der Waals surface area contributed by atoms with E-state index in [0.29, 0.717) is 23.2 Å². The van der Waals surface area contributed by atoms with Gasteiger partial charge in [0.05, 0.1) is 0 Å². The molecule has 0 aromatic carbocycles. The van der Waals surface area contributed by atoms with Crippen LogP contribution in [0.5, 0.6) is 0 Å². The summed E-state index contributed by atoms with van der Waals surface area (Å²) >= 11 is 0. The second-order valence-corrected chi connectivity index (χ2v) is 18.3. The SMILES string of the molecule is CC(=O)N(C)C(C)(C)C.CC(=O)OOC(=O)[C@@]12CC[C@]3(C)[C@H](CC[C@@H]4[C@@]5(C)CCCC(C)(C)[C@@H]5CC[C@]43C)C1=C(C(C)C)C(=O)C2. The van der Waals surface area contributed by atoms with E-state index >= 15 is 0 Å². The average Bonchev–Trinajstić information content (AvgIpc) is 3.24. The van der Waals surface area contributed by atoms with Crippen LogP contribution in [0.25, 0.3) is 0 Å². The molecular weight excluding hydrogens is 578 g/mol. The summed E-state index contributed by atoms with van der Waals surface area (Å²) in [5.41, 5.74) is 1.74. The molecule has 5 rings (SSSR count). The Morgan fingerprint density at radius 3 is 1.98 bits per heavy atom. The third kappa shape index (κ3) is 5.67. The van der Waals surface area contributed by atoms with Crippen LogP contribution < -0.4 is 0 Å². The van der Waals surface area contributed by atoms with Gasteiger partial charge in [-0.05, 0) is 129 Å². The topological polar surface area (TPSA) is 90.0 Å². The molecular formula is C39H63NO6. The summed E-state index contributed by atoms with van der Waals surface area (Å²) in [6, 6.07) is 0. The second-order valence-electron chi connectivity index (χ2n) is 18.3. The Hall–Kier alpha value is -2.18. The van der Waals surface area contributed by atoms with Crippen LogP contribution in [0.1, 0.15) is 147 Å². The normalized spacial score (nSPS) is 38.0. The van der Waals surface area contributed by atoms with Crippen molar-refractivity contribution in [2.75, 3.05) is 7.05 Å². The second kappa shape index (κ2) is 12.1. The largest absolute Gasteiger partial charge is 0.366 e. The number of hydrogen-bond acceptors (Lipinski definition) is 6. The monoisotopic (exact) mass is 641 g/mol. The highest BCUT2D eigenvalue weighted by Gasteiger charge is 2.70. The van der Waals surface area contributed by atoms with Gasteiger partial charge in [-0.2, -0.15) is 0 Å². The molecule has 0 spiro atoms. The molecule has 0 saturated heterocycles. The number of carbonyl (C=O) groups is 4. The van der Waals surface area contributed by atoms with Crippen molar-refractivity contribution in [1.82, 2.24) is 4.90 Å². The van der Waals surface area contributed by atoms with Crippen LogP contribution in [-0.2, 0) is 29.0 Å². The van der Waals surface area contributed by atoms with Crippen LogP contribution in [0.2, 0.25) is 0 Å². The molecule has 260 valence electrons. The van der Waals surface area contributed by atoms with Gasteiger partial charge in [-0.1, -0.05) is 54.9 Å². The molecule has 0 aliphatic heterocycles. The van der Waals surface area contributed by atoms with Crippen LogP contribution in [-0.4, -0.2) is 41.1 Å². The van der Waals surface area contributed by atoms with E-state index < -0.39 is 17.4 Å². The van der Waals surface area contributed by atoms with Gasteiger partial charge in [-0.3, -0.25) is 9.59 Å². The van der Waals surface area contributed by atoms with Crippen LogP contribution in [0.3, 0.4) is 0 Å². The van der Waals surface area contributed by atoms with E-state index in [-0.39, 0.29) is 46.3 Å². The molecule has 4 saturated carbocycles. The standard InChI is InChI=1S/C32H48O5.C7H15NO/c1-19(2)25-22(34)18-32(27(35)37-36-20(3)33)17-16-30(7)21(26(25)32)10-11-24-29(6)14-9-13-28(4,5)23(29)12-15-31(24,30)8;1-6(9)8(5)7(2,3)4/h19,21,23-24H,9-18H2,1-8H3;1-5H3/t21-,23+,24-,29+,30-,31-,32-;/m1./s1. The zero-order valence-electron chi connectivity index (χ0n) is 31.3. The Morgan fingerprint density at radius 2 is 1.46 bits per heavy atom. The minimum atomic E-state index is -0.993. The van der Waals surface area contributed by atoms with Crippen molar-refractivity contribution in [2.24, 2.45) is 50.7 Å². The van der Waals surface area contributed by atoms with Gasteiger partial charge in [0, 0.05) is 32.9 Å².